The van der Waals surface area contributed by atoms with Crippen LogP contribution in [0.15, 0.2) is 36.4 Å². The van der Waals surface area contributed by atoms with Crippen molar-refractivity contribution < 1.29 is 0 Å². The molecular formula is C17H21N. The van der Waals surface area contributed by atoms with Gasteiger partial charge >= 0.3 is 0 Å². The summed E-state index contributed by atoms with van der Waals surface area (Å²) in [4.78, 5) is 0. The van der Waals surface area contributed by atoms with Crippen molar-refractivity contribution in [1.82, 2.24) is 0 Å². The van der Waals surface area contributed by atoms with E-state index < -0.39 is 0 Å². The van der Waals surface area contributed by atoms with E-state index in [1.807, 2.05) is 0 Å². The molecule has 2 aromatic rings. The molecule has 0 radical (unpaired) electrons. The number of aryl methyl sites for hydroxylation is 1. The summed E-state index contributed by atoms with van der Waals surface area (Å²) in [6.45, 7) is 7.65. The van der Waals surface area contributed by atoms with Crippen LogP contribution >= 0.6 is 0 Å². The first kappa shape index (κ1) is 11.7. The molecule has 3 rings (SSSR count). The number of benzene rings is 2. The number of fused-ring (bicyclic) bond motifs is 1. The van der Waals surface area contributed by atoms with Gasteiger partial charge in [-0.15, -0.1) is 0 Å². The Morgan fingerprint density at radius 2 is 1.72 bits per heavy atom. The van der Waals surface area contributed by atoms with Gasteiger partial charge in [0.25, 0.3) is 0 Å². The molecule has 2 N–H and O–H groups in total. The predicted molar refractivity (Wildman–Crippen MR) is 77.8 cm³/mol. The van der Waals surface area contributed by atoms with Crippen molar-refractivity contribution in [2.75, 3.05) is 6.54 Å². The van der Waals surface area contributed by atoms with Gasteiger partial charge in [-0.05, 0) is 52.6 Å². The Kier molecular flexibility index (Phi) is 2.49. The lowest BCUT2D eigenvalue weighted by molar-refractivity contribution is 0.559. The van der Waals surface area contributed by atoms with Gasteiger partial charge in [0.05, 0.1) is 0 Å². The monoisotopic (exact) mass is 239 g/mol. The third kappa shape index (κ3) is 1.50. The maximum atomic E-state index is 5.91. The Bertz CT molecular complexity index is 598. The lowest BCUT2D eigenvalue weighted by Crippen LogP contribution is -2.05. The van der Waals surface area contributed by atoms with Crippen molar-refractivity contribution in [3.63, 3.8) is 0 Å². The molecule has 0 saturated heterocycles. The van der Waals surface area contributed by atoms with Gasteiger partial charge in [-0.2, -0.15) is 0 Å². The first-order chi connectivity index (χ1) is 8.57. The van der Waals surface area contributed by atoms with Gasteiger partial charge in [-0.1, -0.05) is 50.2 Å². The molecule has 2 atom stereocenters. The average Bonchev–Trinajstić information content (AvgIpc) is 2.92. The molecule has 1 aliphatic carbocycles. The minimum absolute atomic E-state index is 0.354. The lowest BCUT2D eigenvalue weighted by atomic mass is 9.94. The Morgan fingerprint density at radius 3 is 2.33 bits per heavy atom. The van der Waals surface area contributed by atoms with Gasteiger partial charge in [0, 0.05) is 0 Å². The molecule has 1 fully saturated rings. The van der Waals surface area contributed by atoms with Gasteiger partial charge in [0.1, 0.15) is 0 Å². The molecule has 0 amide bonds. The van der Waals surface area contributed by atoms with Gasteiger partial charge in [-0.25, -0.2) is 0 Å². The number of rotatable bonds is 2. The fourth-order valence-electron chi connectivity index (χ4n) is 3.55. The molecule has 94 valence electrons. The molecule has 0 aliphatic heterocycles. The molecule has 2 aromatic carbocycles. The van der Waals surface area contributed by atoms with E-state index in [1.165, 1.54) is 21.9 Å². The van der Waals surface area contributed by atoms with Crippen molar-refractivity contribution in [3.05, 3.63) is 47.5 Å². The van der Waals surface area contributed by atoms with Crippen LogP contribution in [0, 0.1) is 18.3 Å². The van der Waals surface area contributed by atoms with Crippen molar-refractivity contribution in [3.8, 4) is 0 Å². The molecule has 1 nitrogen and oxygen atoms in total. The van der Waals surface area contributed by atoms with E-state index in [9.17, 15) is 0 Å². The summed E-state index contributed by atoms with van der Waals surface area (Å²) in [5.74, 6) is 1.25. The molecule has 0 spiro atoms. The van der Waals surface area contributed by atoms with Crippen LogP contribution in [0.1, 0.15) is 30.9 Å². The Morgan fingerprint density at radius 1 is 1.06 bits per heavy atom. The summed E-state index contributed by atoms with van der Waals surface area (Å²) in [5, 5.41) is 2.79. The van der Waals surface area contributed by atoms with Crippen molar-refractivity contribution in [2.24, 2.45) is 17.1 Å². The second-order valence-electron chi connectivity index (χ2n) is 6.16. The fourth-order valence-corrected chi connectivity index (χ4v) is 3.55. The van der Waals surface area contributed by atoms with E-state index in [0.717, 1.165) is 6.54 Å². The smallest absolute Gasteiger partial charge is 0.00375 e. The third-order valence-corrected chi connectivity index (χ3v) is 4.82. The summed E-state index contributed by atoms with van der Waals surface area (Å²) in [6.07, 6.45) is 0. The molecule has 18 heavy (non-hydrogen) atoms. The Labute approximate surface area is 109 Å². The summed E-state index contributed by atoms with van der Waals surface area (Å²) in [7, 11) is 0. The number of hydrogen-bond acceptors (Lipinski definition) is 1. The molecule has 0 bridgehead atoms. The van der Waals surface area contributed by atoms with Crippen LogP contribution in [0.3, 0.4) is 0 Å². The normalized spacial score (nSPS) is 25.3. The van der Waals surface area contributed by atoms with Crippen LogP contribution < -0.4 is 5.73 Å². The van der Waals surface area contributed by atoms with E-state index in [0.29, 0.717) is 17.3 Å². The molecular weight excluding hydrogens is 218 g/mol. The first-order valence-corrected chi connectivity index (χ1v) is 6.75. The number of hydrogen-bond donors (Lipinski definition) is 1. The van der Waals surface area contributed by atoms with Crippen LogP contribution in [-0.2, 0) is 0 Å². The average molecular weight is 239 g/mol. The zero-order valence-electron chi connectivity index (χ0n) is 11.4. The Hall–Kier alpha value is -1.34. The topological polar surface area (TPSA) is 26.0 Å². The third-order valence-electron chi connectivity index (χ3n) is 4.82. The standard InChI is InChI=1S/C17H21N/c1-11-8-9-14(13-7-5-4-6-12(11)13)16-15(10-18)17(16,2)3/h4-9,15-16H,10,18H2,1-3H3/t15-,16-/m1/s1. The van der Waals surface area contributed by atoms with E-state index in [1.54, 1.807) is 0 Å². The minimum Gasteiger partial charge on any atom is -0.330 e. The summed E-state index contributed by atoms with van der Waals surface area (Å²) in [5.41, 5.74) is 9.11. The van der Waals surface area contributed by atoms with Crippen molar-refractivity contribution in [1.29, 1.82) is 0 Å². The molecule has 0 aromatic heterocycles. The molecule has 0 heterocycles. The predicted octanol–water partition coefficient (Wildman–Crippen LogP) is 3.85. The van der Waals surface area contributed by atoms with E-state index in [-0.39, 0.29) is 0 Å². The van der Waals surface area contributed by atoms with Crippen LogP contribution in [0.5, 0.6) is 0 Å². The quantitative estimate of drug-likeness (QED) is 0.846. The lowest BCUT2D eigenvalue weighted by Gasteiger charge is -2.10. The molecule has 1 heteroatoms. The summed E-state index contributed by atoms with van der Waals surface area (Å²) < 4.78 is 0. The fraction of sp³-hybridized carbons (Fsp3) is 0.412. The molecule has 1 aliphatic rings. The van der Waals surface area contributed by atoms with Gasteiger partial charge in [0.2, 0.25) is 0 Å². The zero-order valence-corrected chi connectivity index (χ0v) is 11.4. The highest BCUT2D eigenvalue weighted by atomic mass is 14.7. The maximum Gasteiger partial charge on any atom is -0.00375 e. The van der Waals surface area contributed by atoms with Gasteiger partial charge < -0.3 is 5.73 Å². The van der Waals surface area contributed by atoms with Crippen molar-refractivity contribution >= 4 is 10.8 Å². The highest BCUT2D eigenvalue weighted by Crippen LogP contribution is 2.64. The molecule has 1 saturated carbocycles. The van der Waals surface area contributed by atoms with Crippen LogP contribution in [-0.4, -0.2) is 6.54 Å². The van der Waals surface area contributed by atoms with Gasteiger partial charge in [0.15, 0.2) is 0 Å². The highest BCUT2D eigenvalue weighted by molar-refractivity contribution is 5.89. The summed E-state index contributed by atoms with van der Waals surface area (Å²) in [6, 6.07) is 13.3. The van der Waals surface area contributed by atoms with E-state index in [2.05, 4.69) is 57.2 Å². The first-order valence-electron chi connectivity index (χ1n) is 6.75. The Balaban J connectivity index is 2.18. The van der Waals surface area contributed by atoms with Crippen molar-refractivity contribution in [2.45, 2.75) is 26.7 Å². The largest absolute Gasteiger partial charge is 0.330 e. The number of nitrogens with two attached hydrogens (primary N) is 1. The summed E-state index contributed by atoms with van der Waals surface area (Å²) >= 11 is 0. The highest BCUT2D eigenvalue weighted by Gasteiger charge is 2.57. The van der Waals surface area contributed by atoms with E-state index >= 15 is 0 Å². The maximum absolute atomic E-state index is 5.91. The van der Waals surface area contributed by atoms with E-state index in [4.69, 9.17) is 5.73 Å². The minimum atomic E-state index is 0.354. The SMILES string of the molecule is Cc1ccc([C@@H]2[C@@H](CN)C2(C)C)c2ccccc12. The zero-order chi connectivity index (χ0) is 12.9. The second-order valence-corrected chi connectivity index (χ2v) is 6.16. The van der Waals surface area contributed by atoms with Crippen LogP contribution in [0.25, 0.3) is 10.8 Å². The van der Waals surface area contributed by atoms with Crippen LogP contribution in [0.4, 0.5) is 0 Å². The van der Waals surface area contributed by atoms with Crippen LogP contribution in [0.2, 0.25) is 0 Å². The second kappa shape index (κ2) is 3.83. The molecule has 0 unspecified atom stereocenters. The van der Waals surface area contributed by atoms with Gasteiger partial charge in [-0.3, -0.25) is 0 Å².